The molecule has 0 aliphatic rings. The van der Waals surface area contributed by atoms with Gasteiger partial charge in [0.2, 0.25) is 0 Å². The predicted molar refractivity (Wildman–Crippen MR) is 107 cm³/mol. The quantitative estimate of drug-likeness (QED) is 0.402. The first-order chi connectivity index (χ1) is 15.0. The number of amides is 1. The highest BCUT2D eigenvalue weighted by Crippen LogP contribution is 2.39. The van der Waals surface area contributed by atoms with Crippen LogP contribution >= 0.6 is 11.6 Å². The first-order valence-electron chi connectivity index (χ1n) is 8.97. The average Bonchev–Trinajstić information content (AvgIpc) is 3.05. The van der Waals surface area contributed by atoms with Gasteiger partial charge >= 0.3 is 12.8 Å². The first kappa shape index (κ1) is 23.5. The molecule has 1 amide bonds. The van der Waals surface area contributed by atoms with Crippen LogP contribution < -0.4 is 10.2 Å². The van der Waals surface area contributed by atoms with Gasteiger partial charge in [-0.15, -0.1) is 0 Å². The molecular formula is C20H16ClF5N4O2. The minimum Gasteiger partial charge on any atom is -0.430 e. The number of nitrogens with zero attached hydrogens (tertiary/aromatic N) is 3. The van der Waals surface area contributed by atoms with Gasteiger partial charge in [-0.3, -0.25) is 10.2 Å². The van der Waals surface area contributed by atoms with E-state index in [1.54, 1.807) is 12.1 Å². The lowest BCUT2D eigenvalue weighted by Crippen LogP contribution is -2.36. The van der Waals surface area contributed by atoms with Crippen molar-refractivity contribution in [3.05, 3.63) is 64.8 Å². The van der Waals surface area contributed by atoms with Crippen LogP contribution in [0.15, 0.2) is 48.5 Å². The number of nitrogens with one attached hydrogen (secondary N) is 1. The van der Waals surface area contributed by atoms with Crippen molar-refractivity contribution in [3.8, 4) is 22.7 Å². The number of carbonyl (C=O) groups excluding carboxylic acids is 1. The highest BCUT2D eigenvalue weighted by molar-refractivity contribution is 6.32. The lowest BCUT2D eigenvalue weighted by Gasteiger charge is -2.13. The summed E-state index contributed by atoms with van der Waals surface area (Å²) in [4.78, 5) is 12.6. The molecule has 2 aromatic carbocycles. The number of benzene rings is 2. The van der Waals surface area contributed by atoms with E-state index in [-0.39, 0.29) is 22.0 Å². The lowest BCUT2D eigenvalue weighted by molar-refractivity contribution is -0.137. The van der Waals surface area contributed by atoms with Crippen LogP contribution in [0.3, 0.4) is 0 Å². The third-order valence-electron chi connectivity index (χ3n) is 4.16. The third-order valence-corrected chi connectivity index (χ3v) is 4.48. The Balaban J connectivity index is 2.29. The molecule has 0 bridgehead atoms. The Morgan fingerprint density at radius 1 is 1.12 bits per heavy atom. The monoisotopic (exact) mass is 474 g/mol. The molecule has 0 fully saturated rings. The van der Waals surface area contributed by atoms with E-state index < -0.39 is 35.7 Å². The van der Waals surface area contributed by atoms with Crippen molar-refractivity contribution in [3.63, 3.8) is 0 Å². The summed E-state index contributed by atoms with van der Waals surface area (Å²) in [6.45, 7) is -3.34. The summed E-state index contributed by atoms with van der Waals surface area (Å²) in [5.74, 6) is -1.48. The number of hydrogen-bond donors (Lipinski definition) is 1. The Kier molecular flexibility index (Phi) is 6.70. The summed E-state index contributed by atoms with van der Waals surface area (Å²) in [5, 5.41) is 5.53. The summed E-state index contributed by atoms with van der Waals surface area (Å²) in [7, 11) is 2.99. The number of aromatic nitrogens is 2. The standard InChI is InChI=1S/C20H16ClF5N4O2/c1-29(2)28-18(31)15-17(32-19(22)23)16(11-7-9-12(10-8-11)20(24,25)26)30(27-15)14-6-4-3-5-13(14)21/h3-10,19H,1-2H3,(H,28,31). The number of carbonyl (C=O) groups is 1. The van der Waals surface area contributed by atoms with Gasteiger partial charge < -0.3 is 4.74 Å². The second-order valence-corrected chi connectivity index (χ2v) is 7.09. The largest absolute Gasteiger partial charge is 0.430 e. The minimum atomic E-state index is -4.60. The zero-order chi connectivity index (χ0) is 23.6. The van der Waals surface area contributed by atoms with Crippen LogP contribution in [0.2, 0.25) is 5.02 Å². The van der Waals surface area contributed by atoms with Gasteiger partial charge in [-0.05, 0) is 24.3 Å². The third kappa shape index (κ3) is 5.00. The van der Waals surface area contributed by atoms with Crippen LogP contribution in [0.5, 0.6) is 5.75 Å². The van der Waals surface area contributed by atoms with Crippen molar-refractivity contribution >= 4 is 17.5 Å². The van der Waals surface area contributed by atoms with E-state index in [0.717, 1.165) is 28.9 Å². The highest BCUT2D eigenvalue weighted by Gasteiger charge is 2.32. The van der Waals surface area contributed by atoms with Gasteiger partial charge in [-0.25, -0.2) is 9.69 Å². The van der Waals surface area contributed by atoms with Gasteiger partial charge in [0.25, 0.3) is 5.91 Å². The fourth-order valence-electron chi connectivity index (χ4n) is 2.88. The van der Waals surface area contributed by atoms with Crippen LogP contribution in [0, 0.1) is 0 Å². The second kappa shape index (κ2) is 9.13. The fraction of sp³-hybridized carbons (Fsp3) is 0.200. The van der Waals surface area contributed by atoms with E-state index in [0.29, 0.717) is 0 Å². The topological polar surface area (TPSA) is 59.4 Å². The number of hydrogen-bond acceptors (Lipinski definition) is 4. The molecule has 3 aromatic rings. The highest BCUT2D eigenvalue weighted by atomic mass is 35.5. The molecule has 170 valence electrons. The van der Waals surface area contributed by atoms with Gasteiger partial charge in [0.1, 0.15) is 5.69 Å². The van der Waals surface area contributed by atoms with Gasteiger partial charge in [0, 0.05) is 19.7 Å². The van der Waals surface area contributed by atoms with Crippen LogP contribution in [0.25, 0.3) is 16.9 Å². The van der Waals surface area contributed by atoms with E-state index in [9.17, 15) is 26.7 Å². The zero-order valence-corrected chi connectivity index (χ0v) is 17.4. The van der Waals surface area contributed by atoms with E-state index in [2.05, 4.69) is 15.3 Å². The van der Waals surface area contributed by atoms with E-state index in [1.807, 2.05) is 0 Å². The molecular weight excluding hydrogens is 459 g/mol. The molecule has 1 heterocycles. The van der Waals surface area contributed by atoms with Gasteiger partial charge in [0.15, 0.2) is 11.4 Å². The normalized spacial score (nSPS) is 11.8. The number of alkyl halides is 5. The van der Waals surface area contributed by atoms with Crippen LogP contribution in [0.4, 0.5) is 22.0 Å². The Hall–Kier alpha value is -3.18. The SMILES string of the molecule is CN(C)NC(=O)c1nn(-c2ccccc2Cl)c(-c2ccc(C(F)(F)F)cc2)c1OC(F)F. The Morgan fingerprint density at radius 3 is 2.28 bits per heavy atom. The van der Waals surface area contributed by atoms with Crippen molar-refractivity contribution in [1.82, 2.24) is 20.2 Å². The summed E-state index contributed by atoms with van der Waals surface area (Å²) < 4.78 is 71.2. The maximum atomic E-state index is 13.3. The van der Waals surface area contributed by atoms with Crippen LogP contribution in [-0.2, 0) is 6.18 Å². The van der Waals surface area contributed by atoms with Crippen LogP contribution in [0.1, 0.15) is 16.1 Å². The van der Waals surface area contributed by atoms with Crippen molar-refractivity contribution in [1.29, 1.82) is 0 Å². The second-order valence-electron chi connectivity index (χ2n) is 6.68. The number of ether oxygens (including phenoxy) is 1. The number of rotatable bonds is 6. The molecule has 0 saturated carbocycles. The summed E-state index contributed by atoms with van der Waals surface area (Å²) >= 11 is 6.23. The maximum absolute atomic E-state index is 13.3. The summed E-state index contributed by atoms with van der Waals surface area (Å²) in [6.07, 6.45) is -4.60. The minimum absolute atomic E-state index is 0.0463. The van der Waals surface area contributed by atoms with Crippen molar-refractivity contribution in [2.75, 3.05) is 14.1 Å². The summed E-state index contributed by atoms with van der Waals surface area (Å²) in [5.41, 5.74) is 1.00. The molecule has 1 aromatic heterocycles. The lowest BCUT2D eigenvalue weighted by atomic mass is 10.1. The molecule has 1 N–H and O–H groups in total. The van der Waals surface area contributed by atoms with Crippen molar-refractivity contribution in [2.45, 2.75) is 12.8 Å². The molecule has 0 saturated heterocycles. The Bertz CT molecular complexity index is 1110. The molecule has 0 spiro atoms. The molecule has 3 rings (SSSR count). The zero-order valence-electron chi connectivity index (χ0n) is 16.6. The molecule has 6 nitrogen and oxygen atoms in total. The Labute approximate surface area is 184 Å². The molecule has 0 aliphatic carbocycles. The fourth-order valence-corrected chi connectivity index (χ4v) is 3.09. The van der Waals surface area contributed by atoms with E-state index >= 15 is 0 Å². The molecule has 12 heteroatoms. The predicted octanol–water partition coefficient (Wildman–Crippen LogP) is 5.02. The molecule has 0 radical (unpaired) electrons. The average molecular weight is 475 g/mol. The molecule has 0 unspecified atom stereocenters. The van der Waals surface area contributed by atoms with Crippen molar-refractivity contribution < 1.29 is 31.5 Å². The Morgan fingerprint density at radius 2 is 1.75 bits per heavy atom. The molecule has 0 atom stereocenters. The van der Waals surface area contributed by atoms with Gasteiger partial charge in [-0.1, -0.05) is 35.9 Å². The first-order valence-corrected chi connectivity index (χ1v) is 9.35. The van der Waals surface area contributed by atoms with Gasteiger partial charge in [-0.2, -0.15) is 27.1 Å². The van der Waals surface area contributed by atoms with Crippen LogP contribution in [-0.4, -0.2) is 41.4 Å². The summed E-state index contributed by atoms with van der Waals surface area (Å²) in [6, 6.07) is 9.91. The van der Waals surface area contributed by atoms with Crippen molar-refractivity contribution in [2.24, 2.45) is 0 Å². The number of halogens is 6. The van der Waals surface area contributed by atoms with Gasteiger partial charge in [0.05, 0.1) is 16.3 Å². The number of para-hydroxylation sites is 1. The maximum Gasteiger partial charge on any atom is 0.416 e. The van der Waals surface area contributed by atoms with E-state index in [4.69, 9.17) is 11.6 Å². The number of hydrazine groups is 1. The van der Waals surface area contributed by atoms with E-state index in [1.165, 1.54) is 31.2 Å². The molecule has 32 heavy (non-hydrogen) atoms. The molecule has 0 aliphatic heterocycles. The smallest absolute Gasteiger partial charge is 0.416 e.